The fraction of sp³-hybridized carbons (Fsp3) is 0.562. The van der Waals surface area contributed by atoms with Crippen molar-refractivity contribution in [2.45, 2.75) is 31.8 Å². The van der Waals surface area contributed by atoms with Gasteiger partial charge in [-0.2, -0.15) is 8.42 Å². The smallest absolute Gasteiger partial charge is 0.326 e. The number of phenols is 1. The average Bonchev–Trinajstić information content (AvgIpc) is 2.88. The van der Waals surface area contributed by atoms with Gasteiger partial charge in [-0.05, 0) is 44.0 Å². The van der Waals surface area contributed by atoms with Gasteiger partial charge in [-0.15, -0.1) is 0 Å². The van der Waals surface area contributed by atoms with E-state index in [-0.39, 0.29) is 0 Å². The first kappa shape index (κ1) is 17.5. The predicted molar refractivity (Wildman–Crippen MR) is 92.5 cm³/mol. The molecule has 26 heavy (non-hydrogen) atoms. The Morgan fingerprint density at radius 1 is 1.23 bits per heavy atom. The van der Waals surface area contributed by atoms with Gasteiger partial charge in [0.05, 0.1) is 0 Å². The molecule has 0 radical (unpaired) electrons. The van der Waals surface area contributed by atoms with E-state index in [9.17, 15) is 18.3 Å². The number of carbonyl (C=O) groups excluding carboxylic acids is 1. The van der Waals surface area contributed by atoms with Gasteiger partial charge in [0, 0.05) is 24.7 Å². The molecular weight excluding hydrogens is 363 g/mol. The number of benzene rings is 1. The highest BCUT2D eigenvalue weighted by atomic mass is 32.2. The summed E-state index contributed by atoms with van der Waals surface area (Å²) >= 11 is 0. The third-order valence-electron chi connectivity index (χ3n) is 5.34. The minimum atomic E-state index is -4.18. The molecule has 4 rings (SSSR count). The molecule has 0 aliphatic carbocycles. The molecular formula is C16H21FN4O4S. The van der Waals surface area contributed by atoms with Gasteiger partial charge >= 0.3 is 10.2 Å². The minimum Gasteiger partial charge on any atom is -0.506 e. The van der Waals surface area contributed by atoms with E-state index in [2.05, 4.69) is 10.2 Å². The second-order valence-corrected chi connectivity index (χ2v) is 8.53. The Balaban J connectivity index is 1.70. The van der Waals surface area contributed by atoms with Gasteiger partial charge in [0.1, 0.15) is 18.0 Å². The number of carbonyl (C=O) groups is 1. The monoisotopic (exact) mass is 384 g/mol. The predicted octanol–water partition coefficient (Wildman–Crippen LogP) is -0.178. The van der Waals surface area contributed by atoms with Gasteiger partial charge in [-0.3, -0.25) is 9.69 Å². The van der Waals surface area contributed by atoms with Crippen molar-refractivity contribution in [2.75, 3.05) is 30.5 Å². The normalized spacial score (nSPS) is 23.7. The number of fused-ring (bicyclic) bond motifs is 1. The van der Waals surface area contributed by atoms with Crippen molar-refractivity contribution in [1.29, 1.82) is 0 Å². The summed E-state index contributed by atoms with van der Waals surface area (Å²) < 4.78 is 41.7. The molecule has 2 fully saturated rings. The number of halogens is 1. The second-order valence-electron chi connectivity index (χ2n) is 6.93. The van der Waals surface area contributed by atoms with Crippen LogP contribution in [0.4, 0.5) is 10.1 Å². The Morgan fingerprint density at radius 3 is 2.62 bits per heavy atom. The van der Waals surface area contributed by atoms with Gasteiger partial charge in [0.15, 0.2) is 5.82 Å². The maximum absolute atomic E-state index is 15.2. The first-order valence-corrected chi connectivity index (χ1v) is 10.1. The van der Waals surface area contributed by atoms with Crippen molar-refractivity contribution in [3.63, 3.8) is 0 Å². The zero-order valence-electron chi connectivity index (χ0n) is 14.2. The van der Waals surface area contributed by atoms with Crippen LogP contribution in [0.15, 0.2) is 6.07 Å². The SMILES string of the molecule is O=C1CN(c2c(O)cc3c(c2F)CN(C2CCNCC2)CC3)S(=O)(=O)N1. The van der Waals surface area contributed by atoms with Crippen molar-refractivity contribution in [3.8, 4) is 5.75 Å². The summed E-state index contributed by atoms with van der Waals surface area (Å²) in [5.74, 6) is -1.98. The summed E-state index contributed by atoms with van der Waals surface area (Å²) in [7, 11) is -4.18. The average molecular weight is 384 g/mol. The minimum absolute atomic E-state index is 0.361. The summed E-state index contributed by atoms with van der Waals surface area (Å²) in [5.41, 5.74) is 0.635. The highest BCUT2D eigenvalue weighted by Crippen LogP contribution is 2.39. The number of aromatic hydroxyl groups is 1. The van der Waals surface area contributed by atoms with Crippen LogP contribution in [0.25, 0.3) is 0 Å². The molecule has 0 atom stereocenters. The van der Waals surface area contributed by atoms with Crippen LogP contribution in [0.1, 0.15) is 24.0 Å². The van der Waals surface area contributed by atoms with Crippen molar-refractivity contribution in [2.24, 2.45) is 0 Å². The number of nitrogens with one attached hydrogen (secondary N) is 2. The molecule has 8 nitrogen and oxygen atoms in total. The molecule has 3 N–H and O–H groups in total. The topological polar surface area (TPSA) is 102 Å². The maximum Gasteiger partial charge on any atom is 0.326 e. The van der Waals surface area contributed by atoms with E-state index < -0.39 is 39.9 Å². The van der Waals surface area contributed by atoms with E-state index in [0.29, 0.717) is 34.4 Å². The standard InChI is InChI=1S/C16H21FN4O4S/c17-15-12-8-20(11-1-4-18-5-2-11)6-3-10(12)7-13(22)16(15)21-9-14(23)19-26(21,24)25/h7,11,18,22H,1-6,8-9H2,(H,19,23). The highest BCUT2D eigenvalue weighted by molar-refractivity contribution is 7.92. The van der Waals surface area contributed by atoms with Crippen LogP contribution in [-0.4, -0.2) is 56.6 Å². The third-order valence-corrected chi connectivity index (χ3v) is 6.72. The number of hydrogen-bond acceptors (Lipinski definition) is 6. The summed E-state index contributed by atoms with van der Waals surface area (Å²) in [6.45, 7) is 2.46. The van der Waals surface area contributed by atoms with E-state index in [1.54, 1.807) is 4.72 Å². The molecule has 3 aliphatic heterocycles. The third kappa shape index (κ3) is 2.91. The number of anilines is 1. The lowest BCUT2D eigenvalue weighted by molar-refractivity contribution is -0.117. The van der Waals surface area contributed by atoms with Gasteiger partial charge < -0.3 is 10.4 Å². The molecule has 3 aliphatic rings. The number of amides is 1. The summed E-state index contributed by atoms with van der Waals surface area (Å²) in [6.07, 6.45) is 2.57. The van der Waals surface area contributed by atoms with Crippen molar-refractivity contribution >= 4 is 21.8 Å². The Labute approximate surface area is 151 Å². The van der Waals surface area contributed by atoms with Crippen LogP contribution >= 0.6 is 0 Å². The molecule has 10 heteroatoms. The van der Waals surface area contributed by atoms with Crippen LogP contribution in [0, 0.1) is 5.82 Å². The Morgan fingerprint density at radius 2 is 1.96 bits per heavy atom. The largest absolute Gasteiger partial charge is 0.506 e. The Bertz CT molecular complexity index is 854. The molecule has 0 bridgehead atoms. The molecule has 142 valence electrons. The van der Waals surface area contributed by atoms with Gasteiger partial charge in [0.2, 0.25) is 0 Å². The van der Waals surface area contributed by atoms with Crippen LogP contribution in [0.2, 0.25) is 0 Å². The molecule has 0 aromatic heterocycles. The number of piperidine rings is 1. The first-order valence-electron chi connectivity index (χ1n) is 8.68. The summed E-state index contributed by atoms with van der Waals surface area (Å²) in [6, 6.07) is 1.78. The van der Waals surface area contributed by atoms with Crippen LogP contribution < -0.4 is 14.3 Å². The fourth-order valence-electron chi connectivity index (χ4n) is 4.02. The number of nitrogens with zero attached hydrogens (tertiary/aromatic N) is 2. The van der Waals surface area contributed by atoms with E-state index in [4.69, 9.17) is 0 Å². The van der Waals surface area contributed by atoms with Crippen LogP contribution in [-0.2, 0) is 28.0 Å². The van der Waals surface area contributed by atoms with Crippen LogP contribution in [0.3, 0.4) is 0 Å². The van der Waals surface area contributed by atoms with E-state index in [1.165, 1.54) is 6.07 Å². The Kier molecular flexibility index (Phi) is 4.28. The molecule has 0 spiro atoms. The van der Waals surface area contributed by atoms with Gasteiger partial charge in [-0.25, -0.2) is 13.4 Å². The zero-order valence-corrected chi connectivity index (χ0v) is 15.0. The lowest BCUT2D eigenvalue weighted by atomic mass is 9.94. The lowest BCUT2D eigenvalue weighted by Crippen LogP contribution is -2.45. The quantitative estimate of drug-likeness (QED) is 0.654. The molecule has 0 saturated carbocycles. The second kappa shape index (κ2) is 6.36. The van der Waals surface area contributed by atoms with Crippen LogP contribution in [0.5, 0.6) is 5.75 Å². The van der Waals surface area contributed by atoms with Crippen molar-refractivity contribution < 1.29 is 22.7 Å². The highest BCUT2D eigenvalue weighted by Gasteiger charge is 2.39. The van der Waals surface area contributed by atoms with Crippen molar-refractivity contribution in [1.82, 2.24) is 14.9 Å². The first-order chi connectivity index (χ1) is 12.4. The van der Waals surface area contributed by atoms with E-state index in [0.717, 1.165) is 32.5 Å². The summed E-state index contributed by atoms with van der Waals surface area (Å²) in [5, 5.41) is 13.5. The van der Waals surface area contributed by atoms with E-state index in [1.807, 2.05) is 0 Å². The number of hydrogen-bond donors (Lipinski definition) is 3. The molecule has 2 saturated heterocycles. The molecule has 1 aromatic carbocycles. The molecule has 3 heterocycles. The molecule has 1 aromatic rings. The van der Waals surface area contributed by atoms with Gasteiger partial charge in [0.25, 0.3) is 5.91 Å². The lowest BCUT2D eigenvalue weighted by Gasteiger charge is -2.38. The summed E-state index contributed by atoms with van der Waals surface area (Å²) in [4.78, 5) is 13.7. The Hall–Kier alpha value is -1.91. The molecule has 1 amide bonds. The van der Waals surface area contributed by atoms with Crippen molar-refractivity contribution in [3.05, 3.63) is 23.0 Å². The van der Waals surface area contributed by atoms with E-state index >= 15 is 4.39 Å². The van der Waals surface area contributed by atoms with Gasteiger partial charge in [-0.1, -0.05) is 0 Å². The fourth-order valence-corrected chi connectivity index (χ4v) is 5.19. The maximum atomic E-state index is 15.2. The molecule has 0 unspecified atom stereocenters. The number of phenolic OH excluding ortho intramolecular Hbond substituents is 1. The zero-order chi connectivity index (χ0) is 18.5. The number of rotatable bonds is 2.